The number of nitriles is 1. The van der Waals surface area contributed by atoms with Gasteiger partial charge >= 0.3 is 6.09 Å². The van der Waals surface area contributed by atoms with E-state index in [-0.39, 0.29) is 43.0 Å². The molecule has 2 aromatic carbocycles. The number of amides is 3. The molecule has 0 fully saturated rings. The van der Waals surface area contributed by atoms with Crippen molar-refractivity contribution in [1.82, 2.24) is 31.1 Å². The number of halogens is 2. The first-order valence-electron chi connectivity index (χ1n) is 16.3. The predicted octanol–water partition coefficient (Wildman–Crippen LogP) is 6.32. The number of alkyl carbamates (subject to hydrolysis) is 1. The summed E-state index contributed by atoms with van der Waals surface area (Å²) in [6.07, 6.45) is 1.18. The standard InChI is InChI=1S/C35H39Cl2N7O5/c1-5-19(3)28(42-34(47)48-18-21-10-8-7-9-11-21)31(45)43-35(33(46)41-29(20(4)6-2)32-40-27(17-38)44-49-32)13-12-26-24(16-35)23-14-22(36)15-25(37)30(23)39-26/h7-11,14-15,19-20,28-29,39H,5-6,12-13,16,18H2,1-4H3,(H,41,46)(H,42,47)(H,43,45)/t19?,20-,28?,29-,35-/m0/s1. The lowest BCUT2D eigenvalue weighted by molar-refractivity contribution is -0.136. The third kappa shape index (κ3) is 7.84. The van der Waals surface area contributed by atoms with Crippen LogP contribution in [0.1, 0.15) is 81.5 Å². The Hall–Kier alpha value is -4.60. The molecule has 2 heterocycles. The maximum atomic E-state index is 14.6. The molecule has 2 aromatic heterocycles. The highest BCUT2D eigenvalue weighted by atomic mass is 35.5. The molecule has 0 radical (unpaired) electrons. The molecule has 1 aliphatic carbocycles. The molecule has 3 amide bonds. The number of H-pyrrole nitrogens is 1. The van der Waals surface area contributed by atoms with E-state index in [9.17, 15) is 19.6 Å². The molecule has 0 saturated carbocycles. The van der Waals surface area contributed by atoms with Gasteiger partial charge in [0.05, 0.1) is 10.5 Å². The molecular weight excluding hydrogens is 669 g/mol. The van der Waals surface area contributed by atoms with Crippen molar-refractivity contribution in [2.45, 2.75) is 84.0 Å². The van der Waals surface area contributed by atoms with E-state index in [1.54, 1.807) is 12.1 Å². The Kier molecular flexibility index (Phi) is 11.2. The zero-order valence-electron chi connectivity index (χ0n) is 27.7. The second kappa shape index (κ2) is 15.3. The number of hydrogen-bond acceptors (Lipinski definition) is 8. The van der Waals surface area contributed by atoms with Gasteiger partial charge in [0.25, 0.3) is 5.82 Å². The second-order valence-corrected chi connectivity index (χ2v) is 13.5. The summed E-state index contributed by atoms with van der Waals surface area (Å²) >= 11 is 12.9. The number of fused-ring (bicyclic) bond motifs is 3. The molecule has 12 nitrogen and oxygen atoms in total. The number of aryl methyl sites for hydroxylation is 1. The molecular formula is C35H39Cl2N7O5. The summed E-state index contributed by atoms with van der Waals surface area (Å²) in [5.41, 5.74) is 1.69. The number of nitrogens with one attached hydrogen (secondary N) is 4. The Morgan fingerprint density at radius 2 is 1.84 bits per heavy atom. The first-order valence-corrected chi connectivity index (χ1v) is 17.1. The third-order valence-corrected chi connectivity index (χ3v) is 9.90. The summed E-state index contributed by atoms with van der Waals surface area (Å²) in [5.74, 6) is -1.55. The van der Waals surface area contributed by atoms with Crippen LogP contribution in [-0.2, 0) is 33.8 Å². The number of aromatic amines is 1. The molecule has 0 saturated heterocycles. The lowest BCUT2D eigenvalue weighted by Gasteiger charge is -2.39. The van der Waals surface area contributed by atoms with Gasteiger partial charge in [-0.2, -0.15) is 10.2 Å². The van der Waals surface area contributed by atoms with Crippen molar-refractivity contribution in [3.8, 4) is 6.07 Å². The van der Waals surface area contributed by atoms with Gasteiger partial charge in [-0.15, -0.1) is 0 Å². The molecule has 0 aliphatic heterocycles. The fourth-order valence-corrected chi connectivity index (χ4v) is 6.65. The van der Waals surface area contributed by atoms with E-state index in [2.05, 4.69) is 31.1 Å². The average Bonchev–Trinajstić information content (AvgIpc) is 3.73. The molecule has 49 heavy (non-hydrogen) atoms. The monoisotopic (exact) mass is 707 g/mol. The fourth-order valence-electron chi connectivity index (χ4n) is 6.11. The summed E-state index contributed by atoms with van der Waals surface area (Å²) in [6.45, 7) is 7.65. The van der Waals surface area contributed by atoms with Crippen LogP contribution in [0, 0.1) is 23.2 Å². The van der Waals surface area contributed by atoms with Crippen molar-refractivity contribution >= 4 is 52.0 Å². The summed E-state index contributed by atoms with van der Waals surface area (Å²) in [4.78, 5) is 49.4. The summed E-state index contributed by atoms with van der Waals surface area (Å²) < 4.78 is 10.8. The molecule has 5 atom stereocenters. The van der Waals surface area contributed by atoms with E-state index in [4.69, 9.17) is 32.5 Å². The topological polar surface area (TPSA) is 175 Å². The van der Waals surface area contributed by atoms with Crippen molar-refractivity contribution in [2.24, 2.45) is 11.8 Å². The van der Waals surface area contributed by atoms with Crippen molar-refractivity contribution in [3.05, 3.63) is 81.0 Å². The number of ether oxygens (including phenoxy) is 1. The van der Waals surface area contributed by atoms with E-state index in [0.29, 0.717) is 34.8 Å². The molecule has 258 valence electrons. The molecule has 4 aromatic rings. The number of rotatable bonds is 12. The number of benzene rings is 2. The summed E-state index contributed by atoms with van der Waals surface area (Å²) in [6, 6.07) is 12.7. The van der Waals surface area contributed by atoms with Crippen molar-refractivity contribution in [1.29, 1.82) is 5.26 Å². The lowest BCUT2D eigenvalue weighted by atomic mass is 9.78. The minimum absolute atomic E-state index is 0.0303. The zero-order chi connectivity index (χ0) is 35.3. The lowest BCUT2D eigenvalue weighted by Crippen LogP contribution is -2.65. The van der Waals surface area contributed by atoms with Crippen LogP contribution in [0.4, 0.5) is 4.79 Å². The van der Waals surface area contributed by atoms with Gasteiger partial charge in [-0.3, -0.25) is 9.59 Å². The second-order valence-electron chi connectivity index (χ2n) is 12.6. The van der Waals surface area contributed by atoms with Crippen molar-refractivity contribution in [2.75, 3.05) is 0 Å². The maximum absolute atomic E-state index is 14.6. The number of aromatic nitrogens is 3. The SMILES string of the molecule is CCC(C)C(NC(=O)OCc1ccccc1)C(=O)N[C@@]1(C(=O)N[C@H](c2nc(C#N)no2)[C@@H](C)CC)CCc2[nH]c3c(Cl)cc(Cl)cc3c2C1. The summed E-state index contributed by atoms with van der Waals surface area (Å²) in [7, 11) is 0. The summed E-state index contributed by atoms with van der Waals surface area (Å²) in [5, 5.41) is 23.5. The Balaban J connectivity index is 1.48. The van der Waals surface area contributed by atoms with Gasteiger partial charge in [-0.05, 0) is 53.1 Å². The Morgan fingerprint density at radius 3 is 2.51 bits per heavy atom. The number of hydrogen-bond donors (Lipinski definition) is 4. The predicted molar refractivity (Wildman–Crippen MR) is 184 cm³/mol. The minimum Gasteiger partial charge on any atom is -0.445 e. The van der Waals surface area contributed by atoms with Gasteiger partial charge in [0.1, 0.15) is 30.3 Å². The first kappa shape index (κ1) is 35.7. The Labute approximate surface area is 294 Å². The van der Waals surface area contributed by atoms with Crippen LogP contribution in [0.25, 0.3) is 10.9 Å². The minimum atomic E-state index is -1.47. The van der Waals surface area contributed by atoms with E-state index in [1.807, 2.05) is 64.1 Å². The number of carbonyl (C=O) groups is 3. The van der Waals surface area contributed by atoms with Crippen LogP contribution in [-0.4, -0.2) is 44.6 Å². The molecule has 4 N–H and O–H groups in total. The normalized spacial score (nSPS) is 18.0. The zero-order valence-corrected chi connectivity index (χ0v) is 29.2. The van der Waals surface area contributed by atoms with Crippen molar-refractivity contribution < 1.29 is 23.6 Å². The first-order chi connectivity index (χ1) is 23.5. The van der Waals surface area contributed by atoms with Gasteiger partial charge in [0.2, 0.25) is 17.7 Å². The van der Waals surface area contributed by atoms with Gasteiger partial charge in [0, 0.05) is 22.5 Å². The van der Waals surface area contributed by atoms with Gasteiger partial charge in [-0.1, -0.05) is 94.1 Å². The average molecular weight is 709 g/mol. The van der Waals surface area contributed by atoms with Crippen LogP contribution < -0.4 is 16.0 Å². The smallest absolute Gasteiger partial charge is 0.408 e. The quantitative estimate of drug-likeness (QED) is 0.132. The Morgan fingerprint density at radius 1 is 1.10 bits per heavy atom. The molecule has 5 rings (SSSR count). The highest BCUT2D eigenvalue weighted by molar-refractivity contribution is 6.38. The van der Waals surface area contributed by atoms with Crippen molar-refractivity contribution in [3.63, 3.8) is 0 Å². The van der Waals surface area contributed by atoms with Crippen LogP contribution in [0.15, 0.2) is 47.0 Å². The molecule has 14 heteroatoms. The molecule has 1 aliphatic rings. The molecule has 0 bridgehead atoms. The molecule has 2 unspecified atom stereocenters. The van der Waals surface area contributed by atoms with Gasteiger partial charge < -0.3 is 30.2 Å². The van der Waals surface area contributed by atoms with E-state index < -0.39 is 35.5 Å². The van der Waals surface area contributed by atoms with E-state index >= 15 is 0 Å². The van der Waals surface area contributed by atoms with Crippen LogP contribution in [0.5, 0.6) is 0 Å². The number of carbonyl (C=O) groups excluding carboxylic acids is 3. The van der Waals surface area contributed by atoms with Crippen LogP contribution >= 0.6 is 23.2 Å². The molecule has 0 spiro atoms. The van der Waals surface area contributed by atoms with E-state index in [1.165, 1.54) is 0 Å². The van der Waals surface area contributed by atoms with Gasteiger partial charge in [0.15, 0.2) is 0 Å². The van der Waals surface area contributed by atoms with Gasteiger partial charge in [-0.25, -0.2) is 4.79 Å². The van der Waals surface area contributed by atoms with Crippen LogP contribution in [0.2, 0.25) is 10.0 Å². The maximum Gasteiger partial charge on any atom is 0.408 e. The van der Waals surface area contributed by atoms with Crippen LogP contribution in [0.3, 0.4) is 0 Å². The highest BCUT2D eigenvalue weighted by Crippen LogP contribution is 2.39. The third-order valence-electron chi connectivity index (χ3n) is 9.39. The van der Waals surface area contributed by atoms with E-state index in [0.717, 1.165) is 22.2 Å². The Bertz CT molecular complexity index is 1870. The largest absolute Gasteiger partial charge is 0.445 e. The highest BCUT2D eigenvalue weighted by Gasteiger charge is 2.47. The fraction of sp³-hybridized carbons (Fsp3) is 0.429. The number of nitrogens with zero attached hydrogens (tertiary/aromatic N) is 3.